The number of hydrogen-bond acceptors (Lipinski definition) is 4. The third kappa shape index (κ3) is 1.29. The molecule has 4 nitrogen and oxygen atoms in total. The molecule has 13 heavy (non-hydrogen) atoms. The molecule has 4 unspecified atom stereocenters. The summed E-state index contributed by atoms with van der Waals surface area (Å²) in [6, 6.07) is 0.640. The number of fused-ring (bicyclic) bond motifs is 3. The van der Waals surface area contributed by atoms with E-state index >= 15 is 0 Å². The molecule has 0 bridgehead atoms. The molecule has 1 saturated carbocycles. The highest BCUT2D eigenvalue weighted by Crippen LogP contribution is 2.36. The zero-order valence-electron chi connectivity index (χ0n) is 7.75. The van der Waals surface area contributed by atoms with Crippen LogP contribution in [-0.4, -0.2) is 25.2 Å². The van der Waals surface area contributed by atoms with Gasteiger partial charge in [-0.2, -0.15) is 0 Å². The van der Waals surface area contributed by atoms with Gasteiger partial charge in [0.1, 0.15) is 0 Å². The molecule has 2 heterocycles. The van der Waals surface area contributed by atoms with Gasteiger partial charge in [-0.15, -0.1) is 0 Å². The van der Waals surface area contributed by atoms with Crippen LogP contribution in [0.4, 0.5) is 0 Å². The van der Waals surface area contributed by atoms with Crippen molar-refractivity contribution in [1.29, 1.82) is 0 Å². The van der Waals surface area contributed by atoms with E-state index in [9.17, 15) is 0 Å². The van der Waals surface area contributed by atoms with Gasteiger partial charge in [0.2, 0.25) is 0 Å². The van der Waals surface area contributed by atoms with Crippen LogP contribution in [0.25, 0.3) is 0 Å². The van der Waals surface area contributed by atoms with Gasteiger partial charge in [-0.3, -0.25) is 15.7 Å². The molecule has 0 aromatic heterocycles. The first-order chi connectivity index (χ1) is 6.45. The molecule has 3 N–H and O–H groups in total. The summed E-state index contributed by atoms with van der Waals surface area (Å²) in [5.74, 6) is 1.47. The van der Waals surface area contributed by atoms with E-state index in [0.717, 1.165) is 19.0 Å². The SMILES string of the molecule is C1CC2CCC3NNCC3C2ON1. The highest BCUT2D eigenvalue weighted by atomic mass is 16.7. The quantitative estimate of drug-likeness (QED) is 0.486. The molecule has 74 valence electrons. The molecule has 0 radical (unpaired) electrons. The second-order valence-electron chi connectivity index (χ2n) is 4.40. The van der Waals surface area contributed by atoms with Crippen LogP contribution in [-0.2, 0) is 4.84 Å². The number of hydrogen-bond donors (Lipinski definition) is 3. The smallest absolute Gasteiger partial charge is 0.0875 e. The maximum atomic E-state index is 5.67. The zero-order chi connectivity index (χ0) is 8.67. The van der Waals surface area contributed by atoms with Gasteiger partial charge in [-0.05, 0) is 25.2 Å². The number of hydroxylamine groups is 1. The third-order valence-corrected chi connectivity index (χ3v) is 3.71. The second-order valence-corrected chi connectivity index (χ2v) is 4.40. The Bertz CT molecular complexity index is 199. The monoisotopic (exact) mass is 183 g/mol. The van der Waals surface area contributed by atoms with E-state index in [1.54, 1.807) is 0 Å². The maximum absolute atomic E-state index is 5.67. The Morgan fingerprint density at radius 1 is 1.15 bits per heavy atom. The summed E-state index contributed by atoms with van der Waals surface area (Å²) >= 11 is 0. The topological polar surface area (TPSA) is 45.3 Å². The number of hydrazine groups is 1. The lowest BCUT2D eigenvalue weighted by Gasteiger charge is -2.41. The zero-order valence-corrected chi connectivity index (χ0v) is 7.75. The van der Waals surface area contributed by atoms with Crippen LogP contribution in [0, 0.1) is 11.8 Å². The van der Waals surface area contributed by atoms with Crippen molar-refractivity contribution in [2.45, 2.75) is 31.4 Å². The van der Waals surface area contributed by atoms with Crippen LogP contribution in [0.15, 0.2) is 0 Å². The molecule has 1 aliphatic carbocycles. The normalized spacial score (nSPS) is 49.8. The summed E-state index contributed by atoms with van der Waals surface area (Å²) in [5, 5.41) is 0. The van der Waals surface area contributed by atoms with Gasteiger partial charge in [-0.1, -0.05) is 0 Å². The molecule has 2 aliphatic heterocycles. The Labute approximate surface area is 78.3 Å². The minimum Gasteiger partial charge on any atom is -0.298 e. The first-order valence-electron chi connectivity index (χ1n) is 5.32. The van der Waals surface area contributed by atoms with Crippen LogP contribution in [0.5, 0.6) is 0 Å². The van der Waals surface area contributed by atoms with E-state index in [1.165, 1.54) is 19.3 Å². The first kappa shape index (κ1) is 8.17. The fraction of sp³-hybridized carbons (Fsp3) is 1.00. The van der Waals surface area contributed by atoms with Gasteiger partial charge in [0.05, 0.1) is 6.10 Å². The highest BCUT2D eigenvalue weighted by Gasteiger charge is 2.43. The largest absolute Gasteiger partial charge is 0.298 e. The van der Waals surface area contributed by atoms with Crippen molar-refractivity contribution < 1.29 is 4.84 Å². The molecule has 2 saturated heterocycles. The van der Waals surface area contributed by atoms with Crippen molar-refractivity contribution in [3.8, 4) is 0 Å². The average molecular weight is 183 g/mol. The molecule has 3 aliphatic rings. The van der Waals surface area contributed by atoms with Gasteiger partial charge in [0.25, 0.3) is 0 Å². The molecule has 3 fully saturated rings. The number of nitrogens with one attached hydrogen (secondary N) is 3. The van der Waals surface area contributed by atoms with E-state index in [2.05, 4.69) is 16.3 Å². The van der Waals surface area contributed by atoms with Gasteiger partial charge in [-0.25, -0.2) is 5.48 Å². The summed E-state index contributed by atoms with van der Waals surface area (Å²) in [6.45, 7) is 2.09. The van der Waals surface area contributed by atoms with E-state index in [-0.39, 0.29) is 0 Å². The molecular weight excluding hydrogens is 166 g/mol. The maximum Gasteiger partial charge on any atom is 0.0875 e. The Morgan fingerprint density at radius 3 is 3.15 bits per heavy atom. The molecule has 4 heteroatoms. The summed E-state index contributed by atoms with van der Waals surface area (Å²) in [5.41, 5.74) is 9.61. The summed E-state index contributed by atoms with van der Waals surface area (Å²) < 4.78 is 0. The predicted molar refractivity (Wildman–Crippen MR) is 48.6 cm³/mol. The van der Waals surface area contributed by atoms with Gasteiger partial charge in [0.15, 0.2) is 0 Å². The van der Waals surface area contributed by atoms with Crippen molar-refractivity contribution in [2.24, 2.45) is 11.8 Å². The van der Waals surface area contributed by atoms with E-state index in [4.69, 9.17) is 4.84 Å². The summed E-state index contributed by atoms with van der Waals surface area (Å²) in [7, 11) is 0. The van der Waals surface area contributed by atoms with E-state index in [0.29, 0.717) is 18.1 Å². The van der Waals surface area contributed by atoms with Gasteiger partial charge >= 0.3 is 0 Å². The second kappa shape index (κ2) is 3.20. The lowest BCUT2D eigenvalue weighted by Crippen LogP contribution is -2.50. The average Bonchev–Trinajstić information content (AvgIpc) is 2.65. The molecule has 0 aromatic carbocycles. The fourth-order valence-electron chi connectivity index (χ4n) is 2.99. The molecule has 0 spiro atoms. The lowest BCUT2D eigenvalue weighted by molar-refractivity contribution is -0.129. The van der Waals surface area contributed by atoms with Crippen molar-refractivity contribution in [3.63, 3.8) is 0 Å². The predicted octanol–water partition coefficient (Wildman–Crippen LogP) is -0.217. The Hall–Kier alpha value is -0.160. The van der Waals surface area contributed by atoms with Crippen molar-refractivity contribution in [1.82, 2.24) is 16.3 Å². The third-order valence-electron chi connectivity index (χ3n) is 3.71. The Morgan fingerprint density at radius 2 is 2.15 bits per heavy atom. The number of rotatable bonds is 0. The van der Waals surface area contributed by atoms with Crippen LogP contribution >= 0.6 is 0 Å². The van der Waals surface area contributed by atoms with Crippen LogP contribution in [0.3, 0.4) is 0 Å². The minimum atomic E-state index is 0.440. The van der Waals surface area contributed by atoms with Crippen molar-refractivity contribution in [3.05, 3.63) is 0 Å². The van der Waals surface area contributed by atoms with E-state index < -0.39 is 0 Å². The standard InChI is InChI=1S/C9H17N3O/c1-2-8-7(5-10-12-8)9-6(1)3-4-11-13-9/h6-12H,1-5H2. The fourth-order valence-corrected chi connectivity index (χ4v) is 2.99. The van der Waals surface area contributed by atoms with Crippen LogP contribution in [0.1, 0.15) is 19.3 Å². The Balaban J connectivity index is 1.77. The molecule has 0 aromatic rings. The molecule has 0 amide bonds. The van der Waals surface area contributed by atoms with Gasteiger partial charge in [0, 0.05) is 25.0 Å². The van der Waals surface area contributed by atoms with Crippen molar-refractivity contribution in [2.75, 3.05) is 13.1 Å². The highest BCUT2D eigenvalue weighted by molar-refractivity contribution is 4.96. The molecular formula is C9H17N3O. The summed E-state index contributed by atoms with van der Waals surface area (Å²) in [4.78, 5) is 5.67. The van der Waals surface area contributed by atoms with Gasteiger partial charge < -0.3 is 0 Å². The lowest BCUT2D eigenvalue weighted by atomic mass is 9.75. The first-order valence-corrected chi connectivity index (χ1v) is 5.32. The Kier molecular flexibility index (Phi) is 2.01. The summed E-state index contributed by atoms with van der Waals surface area (Å²) in [6.07, 6.45) is 4.35. The van der Waals surface area contributed by atoms with Crippen LogP contribution < -0.4 is 16.3 Å². The van der Waals surface area contributed by atoms with E-state index in [1.807, 2.05) is 0 Å². The molecule has 4 atom stereocenters. The van der Waals surface area contributed by atoms with Crippen molar-refractivity contribution >= 4 is 0 Å². The molecule has 3 rings (SSSR count). The van der Waals surface area contributed by atoms with Crippen LogP contribution in [0.2, 0.25) is 0 Å². The minimum absolute atomic E-state index is 0.440.